The molecule has 4 aromatic carbocycles. The van der Waals surface area contributed by atoms with Gasteiger partial charge in [0, 0.05) is 0 Å². The van der Waals surface area contributed by atoms with E-state index in [2.05, 4.69) is 162 Å². The third-order valence-corrected chi connectivity index (χ3v) is 36.0. The van der Waals surface area contributed by atoms with Crippen LogP contribution in [-0.2, 0) is 30.8 Å². The SMILES string of the molecule is CCCCC[Si]1(CCCCC)C2=Cc3c(-c4ccc(C(C)(C)C)cc4)cccc3[CH]2[Hf]([CH3])([CH3])[CH]2C1=Cc1c(-c3ccc(C(C)(C)C)cc3)cccc12. The summed E-state index contributed by atoms with van der Waals surface area (Å²) >= 11 is -3.16. The maximum atomic E-state index is 2.85. The molecule has 0 nitrogen and oxygen atoms in total. The van der Waals surface area contributed by atoms with E-state index in [0.29, 0.717) is 7.35 Å². The fraction of sp³-hybridized carbons (Fsp3) is 0.440. The van der Waals surface area contributed by atoms with Gasteiger partial charge in [-0.1, -0.05) is 0 Å². The number of allylic oxidation sites excluding steroid dienone is 2. The van der Waals surface area contributed by atoms with Crippen LogP contribution in [0.5, 0.6) is 0 Å². The van der Waals surface area contributed by atoms with E-state index in [9.17, 15) is 0 Å². The zero-order valence-corrected chi connectivity index (χ0v) is 38.6. The average molecular weight is 872 g/mol. The van der Waals surface area contributed by atoms with Crippen molar-refractivity contribution in [3.63, 3.8) is 0 Å². The van der Waals surface area contributed by atoms with E-state index in [0.717, 1.165) is 0 Å². The van der Waals surface area contributed by atoms with Crippen LogP contribution in [0.4, 0.5) is 0 Å². The summed E-state index contributed by atoms with van der Waals surface area (Å²) in [6.45, 7) is 18.7. The van der Waals surface area contributed by atoms with Gasteiger partial charge in [0.05, 0.1) is 0 Å². The molecule has 7 rings (SSSR count). The summed E-state index contributed by atoms with van der Waals surface area (Å²) in [5.41, 5.74) is 15.3. The molecule has 272 valence electrons. The first-order valence-corrected chi connectivity index (χ1v) is 34.4. The Morgan fingerprint density at radius 3 is 1.25 bits per heavy atom. The van der Waals surface area contributed by atoms with Gasteiger partial charge >= 0.3 is 325 Å². The topological polar surface area (TPSA) is 0 Å². The van der Waals surface area contributed by atoms with Crippen molar-refractivity contribution in [2.45, 2.75) is 134 Å². The number of hydrogen-bond donors (Lipinski definition) is 0. The molecule has 1 fully saturated rings. The molecule has 1 saturated heterocycles. The Labute approximate surface area is 322 Å². The fourth-order valence-corrected chi connectivity index (χ4v) is 43.3. The summed E-state index contributed by atoms with van der Waals surface area (Å²) in [4.78, 5) is 0. The second kappa shape index (κ2) is 14.3. The third kappa shape index (κ3) is 6.50. The van der Waals surface area contributed by atoms with Crippen LogP contribution in [0.25, 0.3) is 34.4 Å². The Hall–Kier alpha value is -2.55. The van der Waals surface area contributed by atoms with E-state index in [1.54, 1.807) is 22.3 Å². The standard InChI is InChI=1S/C48H58Si.2CH3.Hf/c1-9-11-13-29-49(30-14-12-10-2,41-31-37-17-15-19-43(45(37)33-41)35-21-25-39(26-22-35)47(3,4)5)42-32-38-18-16-20-44(46(38)34-42)36-23-27-40(28-24-36)48(6,7)8;;;/h15-28,31-34H,9-14,29-30H2,1-8H3;2*1H3;. The Morgan fingerprint density at radius 1 is 0.519 bits per heavy atom. The van der Waals surface area contributed by atoms with Crippen LogP contribution >= 0.6 is 0 Å². The zero-order valence-electron chi connectivity index (χ0n) is 34.0. The van der Waals surface area contributed by atoms with E-state index in [1.165, 1.54) is 84.0 Å². The first-order valence-electron chi connectivity index (χ1n) is 20.6. The van der Waals surface area contributed by atoms with Crippen molar-refractivity contribution >= 4 is 20.2 Å². The molecule has 0 saturated carbocycles. The normalized spacial score (nSPS) is 19.7. The van der Waals surface area contributed by atoms with Crippen LogP contribution in [0, 0.1) is 0 Å². The van der Waals surface area contributed by atoms with Crippen LogP contribution in [-0.4, -0.2) is 8.07 Å². The van der Waals surface area contributed by atoms with Crippen molar-refractivity contribution in [1.29, 1.82) is 0 Å². The minimum absolute atomic E-state index is 0.160. The monoisotopic (exact) mass is 872 g/mol. The Balaban J connectivity index is 1.43. The van der Waals surface area contributed by atoms with Gasteiger partial charge in [-0.05, 0) is 0 Å². The second-order valence-electron chi connectivity index (χ2n) is 19.2. The minimum atomic E-state index is -3.16. The summed E-state index contributed by atoms with van der Waals surface area (Å²) in [5.74, 6) is 0. The van der Waals surface area contributed by atoms with Crippen molar-refractivity contribution in [3.05, 3.63) is 129 Å². The second-order valence-corrected chi connectivity index (χ2v) is 40.7. The van der Waals surface area contributed by atoms with Gasteiger partial charge in [0.1, 0.15) is 0 Å². The third-order valence-electron chi connectivity index (χ3n) is 13.3. The molecule has 52 heavy (non-hydrogen) atoms. The molecule has 0 bridgehead atoms. The Morgan fingerprint density at radius 2 is 0.904 bits per heavy atom. The van der Waals surface area contributed by atoms with Crippen molar-refractivity contribution in [3.8, 4) is 22.3 Å². The van der Waals surface area contributed by atoms with E-state index >= 15 is 0 Å². The molecule has 3 aliphatic rings. The van der Waals surface area contributed by atoms with Crippen LogP contribution in [0.3, 0.4) is 0 Å². The summed E-state index contributed by atoms with van der Waals surface area (Å²) in [7, 11) is -2.04. The predicted molar refractivity (Wildman–Crippen MR) is 229 cm³/mol. The van der Waals surface area contributed by atoms with Gasteiger partial charge < -0.3 is 0 Å². The summed E-state index contributed by atoms with van der Waals surface area (Å²) in [6.07, 6.45) is 13.7. The fourth-order valence-electron chi connectivity index (χ4n) is 10.4. The molecule has 2 heteroatoms. The first kappa shape index (κ1) is 37.8. The quantitative estimate of drug-likeness (QED) is 0.110. The Bertz CT molecular complexity index is 1850. The average Bonchev–Trinajstić information content (AvgIpc) is 3.72. The van der Waals surface area contributed by atoms with Crippen LogP contribution in [0.15, 0.2) is 95.3 Å². The van der Waals surface area contributed by atoms with Gasteiger partial charge in [-0.3, -0.25) is 0 Å². The molecule has 0 N–H and O–H groups in total. The number of hydrogen-bond acceptors (Lipinski definition) is 0. The van der Waals surface area contributed by atoms with Crippen molar-refractivity contribution in [1.82, 2.24) is 0 Å². The Kier molecular flexibility index (Phi) is 10.4. The van der Waals surface area contributed by atoms with Crippen molar-refractivity contribution in [2.75, 3.05) is 0 Å². The van der Waals surface area contributed by atoms with E-state index in [-0.39, 0.29) is 10.8 Å². The first-order chi connectivity index (χ1) is 24.7. The molecule has 2 unspecified atom stereocenters. The van der Waals surface area contributed by atoms with Gasteiger partial charge in [0.15, 0.2) is 0 Å². The van der Waals surface area contributed by atoms with E-state index in [1.807, 2.05) is 10.4 Å². The maximum absolute atomic E-state index is 3.16. The number of unbranched alkanes of at least 4 members (excludes halogenated alkanes) is 4. The predicted octanol–water partition coefficient (Wildman–Crippen LogP) is 15.4. The number of fused-ring (bicyclic) bond motifs is 6. The molecule has 2 aliphatic carbocycles. The number of benzene rings is 4. The van der Waals surface area contributed by atoms with Crippen molar-refractivity contribution in [2.24, 2.45) is 0 Å². The summed E-state index contributed by atoms with van der Waals surface area (Å²) < 4.78 is 7.04. The molecular formula is C50H64HfSi. The molecule has 0 radical (unpaired) electrons. The van der Waals surface area contributed by atoms with Gasteiger partial charge in [-0.25, -0.2) is 0 Å². The van der Waals surface area contributed by atoms with E-state index in [4.69, 9.17) is 0 Å². The van der Waals surface area contributed by atoms with Crippen LogP contribution < -0.4 is 0 Å². The number of rotatable bonds is 10. The van der Waals surface area contributed by atoms with Gasteiger partial charge in [-0.15, -0.1) is 0 Å². The molecular weight excluding hydrogens is 807 g/mol. The molecule has 0 spiro atoms. The van der Waals surface area contributed by atoms with Gasteiger partial charge in [0.2, 0.25) is 0 Å². The summed E-state index contributed by atoms with van der Waals surface area (Å²) in [5, 5.41) is 3.90. The molecule has 0 aromatic heterocycles. The van der Waals surface area contributed by atoms with Gasteiger partial charge in [-0.2, -0.15) is 0 Å². The zero-order chi connectivity index (χ0) is 37.1. The molecule has 0 amide bonds. The molecule has 1 aliphatic heterocycles. The summed E-state index contributed by atoms with van der Waals surface area (Å²) in [6, 6.07) is 36.8. The van der Waals surface area contributed by atoms with Crippen LogP contribution in [0.2, 0.25) is 21.4 Å². The van der Waals surface area contributed by atoms with E-state index < -0.39 is 28.0 Å². The van der Waals surface area contributed by atoms with Gasteiger partial charge in [0.25, 0.3) is 0 Å². The molecule has 4 aromatic rings. The van der Waals surface area contributed by atoms with Crippen molar-refractivity contribution < 1.29 is 20.0 Å². The van der Waals surface area contributed by atoms with Crippen LogP contribution in [0.1, 0.15) is 135 Å². The molecule has 1 heterocycles. The molecule has 2 atom stereocenters.